The van der Waals surface area contributed by atoms with E-state index in [9.17, 15) is 4.79 Å². The minimum absolute atomic E-state index is 0.0338. The number of ether oxygens (including phenoxy) is 2. The molecule has 0 saturated heterocycles. The zero-order valence-electron chi connectivity index (χ0n) is 22.0. The van der Waals surface area contributed by atoms with E-state index in [0.29, 0.717) is 46.7 Å². The van der Waals surface area contributed by atoms with Crippen molar-refractivity contribution in [3.05, 3.63) is 46.6 Å². The SMILES string of the molecule is CCCN(CCC)CCOc1ccc2c(=O)c3ccc(OCCN(CCC)CCC)cc3oc2c1. The van der Waals surface area contributed by atoms with Gasteiger partial charge in [0.05, 0.1) is 10.8 Å². The number of hydrogen-bond acceptors (Lipinski definition) is 6. The molecule has 0 spiro atoms. The van der Waals surface area contributed by atoms with Crippen molar-refractivity contribution in [2.45, 2.75) is 53.4 Å². The summed E-state index contributed by atoms with van der Waals surface area (Å²) in [6, 6.07) is 10.9. The molecule has 0 aliphatic heterocycles. The Morgan fingerprint density at radius 1 is 0.629 bits per heavy atom. The Morgan fingerprint density at radius 2 is 1.03 bits per heavy atom. The second-order valence-corrected chi connectivity index (χ2v) is 9.13. The maximum Gasteiger partial charge on any atom is 0.200 e. The van der Waals surface area contributed by atoms with Crippen molar-refractivity contribution in [1.29, 1.82) is 0 Å². The second-order valence-electron chi connectivity index (χ2n) is 9.13. The molecule has 1 heterocycles. The molecule has 0 bridgehead atoms. The van der Waals surface area contributed by atoms with Crippen LogP contribution in [0.1, 0.15) is 53.4 Å². The minimum atomic E-state index is -0.0338. The molecular formula is C29H42N2O4. The van der Waals surface area contributed by atoms with Gasteiger partial charge in [-0.05, 0) is 76.1 Å². The van der Waals surface area contributed by atoms with Crippen LogP contribution in [0.3, 0.4) is 0 Å². The van der Waals surface area contributed by atoms with Crippen molar-refractivity contribution in [3.8, 4) is 11.5 Å². The van der Waals surface area contributed by atoms with E-state index in [4.69, 9.17) is 13.9 Å². The highest BCUT2D eigenvalue weighted by atomic mass is 16.5. The summed E-state index contributed by atoms with van der Waals surface area (Å²) in [4.78, 5) is 17.9. The Balaban J connectivity index is 1.71. The summed E-state index contributed by atoms with van der Waals surface area (Å²) in [5.74, 6) is 1.43. The van der Waals surface area contributed by atoms with E-state index < -0.39 is 0 Å². The summed E-state index contributed by atoms with van der Waals surface area (Å²) < 4.78 is 18.1. The first-order valence-corrected chi connectivity index (χ1v) is 13.3. The Labute approximate surface area is 209 Å². The van der Waals surface area contributed by atoms with Crippen LogP contribution in [-0.2, 0) is 0 Å². The van der Waals surface area contributed by atoms with Gasteiger partial charge in [-0.2, -0.15) is 0 Å². The van der Waals surface area contributed by atoms with Crippen molar-refractivity contribution >= 4 is 21.9 Å². The maximum atomic E-state index is 13.0. The van der Waals surface area contributed by atoms with Gasteiger partial charge in [0, 0.05) is 25.2 Å². The molecule has 0 amide bonds. The highest BCUT2D eigenvalue weighted by Crippen LogP contribution is 2.25. The quantitative estimate of drug-likeness (QED) is 0.235. The fraction of sp³-hybridized carbons (Fsp3) is 0.552. The van der Waals surface area contributed by atoms with E-state index in [-0.39, 0.29) is 5.43 Å². The monoisotopic (exact) mass is 482 g/mol. The van der Waals surface area contributed by atoms with E-state index in [0.717, 1.165) is 65.0 Å². The van der Waals surface area contributed by atoms with E-state index >= 15 is 0 Å². The zero-order chi connectivity index (χ0) is 25.0. The van der Waals surface area contributed by atoms with Crippen molar-refractivity contribution in [1.82, 2.24) is 9.80 Å². The molecule has 192 valence electrons. The summed E-state index contributed by atoms with van der Waals surface area (Å²) in [5, 5.41) is 1.12. The molecule has 2 aromatic carbocycles. The van der Waals surface area contributed by atoms with E-state index in [1.807, 2.05) is 24.3 Å². The smallest absolute Gasteiger partial charge is 0.200 e. The number of rotatable bonds is 16. The van der Waals surface area contributed by atoms with Gasteiger partial charge in [0.15, 0.2) is 0 Å². The normalized spacial score (nSPS) is 11.7. The molecular weight excluding hydrogens is 440 g/mol. The lowest BCUT2D eigenvalue weighted by atomic mass is 10.1. The predicted molar refractivity (Wildman–Crippen MR) is 145 cm³/mol. The average Bonchev–Trinajstić information content (AvgIpc) is 2.84. The van der Waals surface area contributed by atoms with Crippen LogP contribution in [0.15, 0.2) is 45.6 Å². The van der Waals surface area contributed by atoms with Crippen LogP contribution in [0.25, 0.3) is 21.9 Å². The zero-order valence-corrected chi connectivity index (χ0v) is 22.0. The Kier molecular flexibility index (Phi) is 10.9. The van der Waals surface area contributed by atoms with E-state index in [1.165, 1.54) is 0 Å². The van der Waals surface area contributed by atoms with Crippen LogP contribution in [0.4, 0.5) is 0 Å². The van der Waals surface area contributed by atoms with Gasteiger partial charge in [0.25, 0.3) is 0 Å². The summed E-state index contributed by atoms with van der Waals surface area (Å²) in [6.07, 6.45) is 4.54. The van der Waals surface area contributed by atoms with Crippen molar-refractivity contribution in [2.24, 2.45) is 0 Å². The van der Waals surface area contributed by atoms with Gasteiger partial charge in [-0.3, -0.25) is 14.6 Å². The molecule has 3 aromatic rings. The van der Waals surface area contributed by atoms with Gasteiger partial charge in [-0.25, -0.2) is 0 Å². The van der Waals surface area contributed by atoms with Gasteiger partial charge >= 0.3 is 0 Å². The number of hydrogen-bond donors (Lipinski definition) is 0. The molecule has 0 atom stereocenters. The third kappa shape index (κ3) is 7.71. The number of fused-ring (bicyclic) bond motifs is 2. The van der Waals surface area contributed by atoms with Crippen LogP contribution in [0, 0.1) is 0 Å². The second kappa shape index (κ2) is 14.1. The van der Waals surface area contributed by atoms with E-state index in [1.54, 1.807) is 12.1 Å². The highest BCUT2D eigenvalue weighted by molar-refractivity contribution is 5.90. The summed E-state index contributed by atoms with van der Waals surface area (Å²) >= 11 is 0. The molecule has 3 rings (SSSR count). The van der Waals surface area contributed by atoms with Crippen LogP contribution in [0.5, 0.6) is 11.5 Å². The third-order valence-corrected chi connectivity index (χ3v) is 6.13. The standard InChI is InChI=1S/C29H42N2O4/c1-5-13-30(14-6-2)17-19-33-23-9-11-25-27(21-23)35-28-22-24(10-12-26(28)29(25)32)34-20-18-31(15-7-3)16-8-4/h9-12,21-22H,5-8,13-20H2,1-4H3. The van der Waals surface area contributed by atoms with Crippen LogP contribution < -0.4 is 14.9 Å². The molecule has 0 radical (unpaired) electrons. The molecule has 0 fully saturated rings. The van der Waals surface area contributed by atoms with Crippen molar-refractivity contribution in [3.63, 3.8) is 0 Å². The third-order valence-electron chi connectivity index (χ3n) is 6.13. The largest absolute Gasteiger partial charge is 0.492 e. The Hall–Kier alpha value is -2.57. The van der Waals surface area contributed by atoms with Gasteiger partial charge in [0.1, 0.15) is 35.9 Å². The number of benzene rings is 2. The first kappa shape index (κ1) is 27.0. The van der Waals surface area contributed by atoms with Crippen LogP contribution in [0.2, 0.25) is 0 Å². The average molecular weight is 483 g/mol. The lowest BCUT2D eigenvalue weighted by Gasteiger charge is -2.21. The summed E-state index contributed by atoms with van der Waals surface area (Å²) in [7, 11) is 0. The van der Waals surface area contributed by atoms with Gasteiger partial charge in [-0.1, -0.05) is 27.7 Å². The molecule has 6 nitrogen and oxygen atoms in total. The van der Waals surface area contributed by atoms with E-state index in [2.05, 4.69) is 37.5 Å². The molecule has 0 N–H and O–H groups in total. The lowest BCUT2D eigenvalue weighted by molar-refractivity contribution is 0.209. The van der Waals surface area contributed by atoms with Crippen molar-refractivity contribution in [2.75, 3.05) is 52.5 Å². The topological polar surface area (TPSA) is 55.1 Å². The molecule has 0 saturated carbocycles. The highest BCUT2D eigenvalue weighted by Gasteiger charge is 2.11. The molecule has 0 aliphatic rings. The molecule has 35 heavy (non-hydrogen) atoms. The minimum Gasteiger partial charge on any atom is -0.492 e. The fourth-order valence-corrected chi connectivity index (χ4v) is 4.51. The van der Waals surface area contributed by atoms with Gasteiger partial charge in [-0.15, -0.1) is 0 Å². The Morgan fingerprint density at radius 3 is 1.40 bits per heavy atom. The molecule has 1 aromatic heterocycles. The van der Waals surface area contributed by atoms with Gasteiger partial charge < -0.3 is 13.9 Å². The Bertz CT molecular complexity index is 1020. The first-order valence-electron chi connectivity index (χ1n) is 13.3. The molecule has 0 unspecified atom stereocenters. The van der Waals surface area contributed by atoms with Crippen LogP contribution >= 0.6 is 0 Å². The number of nitrogens with zero attached hydrogens (tertiary/aromatic N) is 2. The predicted octanol–water partition coefficient (Wildman–Crippen LogP) is 5.95. The first-order chi connectivity index (χ1) is 17.1. The molecule has 0 aliphatic carbocycles. The fourth-order valence-electron chi connectivity index (χ4n) is 4.51. The molecule has 6 heteroatoms. The summed E-state index contributed by atoms with van der Waals surface area (Å²) in [5.41, 5.74) is 1.04. The van der Waals surface area contributed by atoms with Crippen molar-refractivity contribution < 1.29 is 13.9 Å². The van der Waals surface area contributed by atoms with Crippen LogP contribution in [-0.4, -0.2) is 62.3 Å². The lowest BCUT2D eigenvalue weighted by Crippen LogP contribution is -2.30. The maximum absolute atomic E-state index is 13.0. The van der Waals surface area contributed by atoms with Gasteiger partial charge in [0.2, 0.25) is 5.43 Å². The summed E-state index contributed by atoms with van der Waals surface area (Å²) in [6.45, 7) is 16.1.